The maximum absolute atomic E-state index is 8.99. The van der Waals surface area contributed by atoms with Crippen LogP contribution >= 0.6 is 0 Å². The molecule has 0 unspecified atom stereocenters. The summed E-state index contributed by atoms with van der Waals surface area (Å²) in [7, 11) is 0. The molecule has 0 aromatic carbocycles. The standard InChI is InChI=1S/C7H7N3O/c1-5-8-6-2-3-10(11)4-7(6)9-5/h2-4,11H,1H3. The summed E-state index contributed by atoms with van der Waals surface area (Å²) in [5.41, 5.74) is 1.53. The highest BCUT2D eigenvalue weighted by molar-refractivity contribution is 5.54. The van der Waals surface area contributed by atoms with Crippen LogP contribution < -0.4 is 0 Å². The molecule has 2 heterocycles. The first-order valence-corrected chi connectivity index (χ1v) is 3.27. The van der Waals surface area contributed by atoms with Gasteiger partial charge in [0.25, 0.3) is 0 Å². The molecule has 11 heavy (non-hydrogen) atoms. The van der Waals surface area contributed by atoms with Gasteiger partial charge < -0.3 is 5.21 Å². The number of aryl methyl sites for hydroxylation is 1. The number of fused-ring (bicyclic) bond motifs is 1. The normalized spacial score (nSPS) is 10.6. The molecule has 1 N–H and O–H groups in total. The first-order valence-electron chi connectivity index (χ1n) is 3.27. The van der Waals surface area contributed by atoms with E-state index in [0.29, 0.717) is 5.69 Å². The molecule has 2 rings (SSSR count). The fourth-order valence-corrected chi connectivity index (χ4v) is 1.02. The number of hydrogen-bond acceptors (Lipinski definition) is 3. The lowest BCUT2D eigenvalue weighted by Crippen LogP contribution is -1.91. The molecule has 0 radical (unpaired) electrons. The first kappa shape index (κ1) is 6.15. The lowest BCUT2D eigenvalue weighted by molar-refractivity contribution is 0.184. The summed E-state index contributed by atoms with van der Waals surface area (Å²) in [4.78, 5) is 8.20. The summed E-state index contributed by atoms with van der Waals surface area (Å²) in [6, 6.07) is 1.72. The number of rotatable bonds is 0. The van der Waals surface area contributed by atoms with E-state index in [1.54, 1.807) is 6.07 Å². The van der Waals surface area contributed by atoms with Gasteiger partial charge in [-0.15, -0.1) is 0 Å². The molecule has 0 fully saturated rings. The van der Waals surface area contributed by atoms with Gasteiger partial charge in [0.2, 0.25) is 0 Å². The van der Waals surface area contributed by atoms with Gasteiger partial charge in [0.15, 0.2) is 0 Å². The van der Waals surface area contributed by atoms with Gasteiger partial charge in [-0.2, -0.15) is 4.73 Å². The van der Waals surface area contributed by atoms with Crippen LogP contribution in [0.5, 0.6) is 0 Å². The Labute approximate surface area is 63.4 Å². The van der Waals surface area contributed by atoms with Gasteiger partial charge in [0, 0.05) is 6.20 Å². The van der Waals surface area contributed by atoms with Crippen LogP contribution in [0.15, 0.2) is 18.5 Å². The molecule has 0 aromatic heterocycles. The Bertz CT molecular complexity index is 355. The Kier molecular flexibility index (Phi) is 1.09. The Morgan fingerprint density at radius 3 is 2.91 bits per heavy atom. The summed E-state index contributed by atoms with van der Waals surface area (Å²) >= 11 is 0. The van der Waals surface area contributed by atoms with Gasteiger partial charge in [0.1, 0.15) is 11.5 Å². The largest absolute Gasteiger partial charge is 0.429 e. The second-order valence-corrected chi connectivity index (χ2v) is 2.37. The fourth-order valence-electron chi connectivity index (χ4n) is 1.02. The summed E-state index contributed by atoms with van der Waals surface area (Å²) in [5.74, 6) is 0.728. The quantitative estimate of drug-likeness (QED) is 0.567. The van der Waals surface area contributed by atoms with Crippen LogP contribution in [0.3, 0.4) is 0 Å². The Morgan fingerprint density at radius 2 is 2.09 bits per heavy atom. The third-order valence-electron chi connectivity index (χ3n) is 1.47. The molecular formula is C7H7N3O. The monoisotopic (exact) mass is 149 g/mol. The zero-order valence-electron chi connectivity index (χ0n) is 6.02. The highest BCUT2D eigenvalue weighted by atomic mass is 16.5. The zero-order chi connectivity index (χ0) is 7.84. The highest BCUT2D eigenvalue weighted by Gasteiger charge is 2.06. The van der Waals surface area contributed by atoms with Crippen molar-refractivity contribution < 1.29 is 5.21 Å². The summed E-state index contributed by atoms with van der Waals surface area (Å²) in [6.45, 7) is 1.82. The summed E-state index contributed by atoms with van der Waals surface area (Å²) < 4.78 is 0.969. The summed E-state index contributed by atoms with van der Waals surface area (Å²) in [5, 5.41) is 8.99. The maximum Gasteiger partial charge on any atom is 0.126 e. The van der Waals surface area contributed by atoms with Crippen LogP contribution in [-0.4, -0.2) is 19.9 Å². The fraction of sp³-hybridized carbons (Fsp3) is 0.143. The van der Waals surface area contributed by atoms with Crippen LogP contribution in [0.2, 0.25) is 0 Å². The minimum atomic E-state index is 0.715. The van der Waals surface area contributed by atoms with Crippen molar-refractivity contribution in [2.24, 2.45) is 0 Å². The molecule has 0 saturated carbocycles. The van der Waals surface area contributed by atoms with Crippen molar-refractivity contribution >= 4 is 0 Å². The molecule has 4 nitrogen and oxygen atoms in total. The van der Waals surface area contributed by atoms with E-state index in [4.69, 9.17) is 5.21 Å². The van der Waals surface area contributed by atoms with Gasteiger partial charge in [0.05, 0.1) is 11.9 Å². The van der Waals surface area contributed by atoms with E-state index in [0.717, 1.165) is 16.2 Å². The van der Waals surface area contributed by atoms with Crippen molar-refractivity contribution in [3.8, 4) is 11.4 Å². The van der Waals surface area contributed by atoms with E-state index in [9.17, 15) is 0 Å². The van der Waals surface area contributed by atoms with E-state index < -0.39 is 0 Å². The van der Waals surface area contributed by atoms with Gasteiger partial charge >= 0.3 is 0 Å². The van der Waals surface area contributed by atoms with Crippen LogP contribution in [0.4, 0.5) is 0 Å². The molecule has 0 spiro atoms. The average Bonchev–Trinajstić information content (AvgIpc) is 2.27. The van der Waals surface area contributed by atoms with Crippen LogP contribution in [0, 0.1) is 6.92 Å². The summed E-state index contributed by atoms with van der Waals surface area (Å²) in [6.07, 6.45) is 3.05. The molecule has 56 valence electrons. The maximum atomic E-state index is 8.99. The van der Waals surface area contributed by atoms with Crippen molar-refractivity contribution in [2.45, 2.75) is 6.92 Å². The van der Waals surface area contributed by atoms with E-state index in [-0.39, 0.29) is 0 Å². The third-order valence-corrected chi connectivity index (χ3v) is 1.47. The predicted octanol–water partition coefficient (Wildman–Crippen LogP) is 0.929. The van der Waals surface area contributed by atoms with Crippen molar-refractivity contribution in [1.29, 1.82) is 0 Å². The molecule has 0 atom stereocenters. The number of hydrogen-bond donors (Lipinski definition) is 1. The molecule has 0 bridgehead atoms. The molecule has 4 heteroatoms. The first-order chi connectivity index (χ1) is 5.25. The lowest BCUT2D eigenvalue weighted by atomic mass is 10.3. The van der Waals surface area contributed by atoms with Gasteiger partial charge in [-0.3, -0.25) is 0 Å². The second-order valence-electron chi connectivity index (χ2n) is 2.37. The smallest absolute Gasteiger partial charge is 0.126 e. The van der Waals surface area contributed by atoms with E-state index in [1.165, 1.54) is 12.4 Å². The van der Waals surface area contributed by atoms with E-state index in [2.05, 4.69) is 9.97 Å². The lowest BCUT2D eigenvalue weighted by Gasteiger charge is -1.96. The average molecular weight is 149 g/mol. The molecule has 0 amide bonds. The SMILES string of the molecule is Cc1nc2ccn(O)cc-2n1. The Hall–Kier alpha value is -1.58. The Morgan fingerprint density at radius 1 is 1.36 bits per heavy atom. The van der Waals surface area contributed by atoms with Gasteiger partial charge in [-0.05, 0) is 13.0 Å². The molecule has 2 aliphatic rings. The minimum absolute atomic E-state index is 0.715. The zero-order valence-corrected chi connectivity index (χ0v) is 6.02. The second kappa shape index (κ2) is 1.95. The molecule has 0 saturated heterocycles. The topological polar surface area (TPSA) is 50.9 Å². The predicted molar refractivity (Wildman–Crippen MR) is 38.6 cm³/mol. The van der Waals surface area contributed by atoms with Crippen LogP contribution in [0.25, 0.3) is 11.4 Å². The number of aromatic nitrogens is 3. The Balaban J connectivity index is 2.73. The van der Waals surface area contributed by atoms with Crippen molar-refractivity contribution in [3.63, 3.8) is 0 Å². The molecular weight excluding hydrogens is 142 g/mol. The van der Waals surface area contributed by atoms with Crippen molar-refractivity contribution in [2.75, 3.05) is 0 Å². The molecule has 0 aromatic rings. The molecule has 0 aliphatic carbocycles. The molecule has 2 aliphatic heterocycles. The van der Waals surface area contributed by atoms with E-state index in [1.807, 2.05) is 6.92 Å². The van der Waals surface area contributed by atoms with Crippen LogP contribution in [-0.2, 0) is 0 Å². The van der Waals surface area contributed by atoms with Gasteiger partial charge in [-0.25, -0.2) is 9.97 Å². The minimum Gasteiger partial charge on any atom is -0.429 e. The number of pyridine rings is 1. The third kappa shape index (κ3) is 0.920. The van der Waals surface area contributed by atoms with Crippen molar-refractivity contribution in [1.82, 2.24) is 14.7 Å². The van der Waals surface area contributed by atoms with Crippen LogP contribution in [0.1, 0.15) is 5.82 Å². The van der Waals surface area contributed by atoms with Gasteiger partial charge in [-0.1, -0.05) is 0 Å². The number of nitrogens with zero attached hydrogens (tertiary/aromatic N) is 3. The van der Waals surface area contributed by atoms with Crippen molar-refractivity contribution in [3.05, 3.63) is 24.3 Å². The number of imidazole rings is 1. The van der Waals surface area contributed by atoms with E-state index >= 15 is 0 Å². The highest BCUT2D eigenvalue weighted by Crippen LogP contribution is 2.16.